The maximum atomic E-state index is 12.7. The number of benzene rings is 1. The fourth-order valence-corrected chi connectivity index (χ4v) is 2.74. The average Bonchev–Trinajstić information content (AvgIpc) is 2.64. The summed E-state index contributed by atoms with van der Waals surface area (Å²) in [4.78, 5) is 27.5. The molecule has 0 aliphatic carbocycles. The standard InChI is InChI=1S/C18H18ClN5O/c1-3-24(4-2)18-21-11-13(19)16(23-18)17(25)22-14-9-5-7-12-8-6-10-20-15(12)14/h5-11H,3-4H2,1-2H3,(H,22,25). The number of hydrogen-bond donors (Lipinski definition) is 1. The Morgan fingerprint density at radius 1 is 1.16 bits per heavy atom. The highest BCUT2D eigenvalue weighted by Crippen LogP contribution is 2.23. The van der Waals surface area contributed by atoms with Gasteiger partial charge in [0, 0.05) is 24.7 Å². The highest BCUT2D eigenvalue weighted by Gasteiger charge is 2.17. The van der Waals surface area contributed by atoms with Crippen molar-refractivity contribution in [2.24, 2.45) is 0 Å². The molecular formula is C18H18ClN5O. The third-order valence-corrected chi connectivity index (χ3v) is 4.15. The van der Waals surface area contributed by atoms with Gasteiger partial charge >= 0.3 is 0 Å². The van der Waals surface area contributed by atoms with Crippen LogP contribution in [0.4, 0.5) is 11.6 Å². The molecule has 0 unspecified atom stereocenters. The summed E-state index contributed by atoms with van der Waals surface area (Å²) in [5.41, 5.74) is 1.47. The van der Waals surface area contributed by atoms with Crippen molar-refractivity contribution >= 4 is 40.0 Å². The van der Waals surface area contributed by atoms with Crippen LogP contribution in [0.1, 0.15) is 24.3 Å². The van der Waals surface area contributed by atoms with E-state index < -0.39 is 0 Å². The third kappa shape index (κ3) is 3.53. The van der Waals surface area contributed by atoms with Crippen LogP contribution >= 0.6 is 11.6 Å². The fraction of sp³-hybridized carbons (Fsp3) is 0.222. The van der Waals surface area contributed by atoms with Crippen molar-refractivity contribution < 1.29 is 4.79 Å². The fourth-order valence-electron chi connectivity index (χ4n) is 2.56. The summed E-state index contributed by atoms with van der Waals surface area (Å²) >= 11 is 6.15. The number of amides is 1. The second-order valence-electron chi connectivity index (χ2n) is 5.37. The molecule has 3 aromatic rings. The monoisotopic (exact) mass is 355 g/mol. The molecule has 2 aromatic heterocycles. The van der Waals surface area contributed by atoms with E-state index in [0.717, 1.165) is 18.5 Å². The largest absolute Gasteiger partial charge is 0.341 e. The van der Waals surface area contributed by atoms with Crippen molar-refractivity contribution in [2.75, 3.05) is 23.3 Å². The van der Waals surface area contributed by atoms with E-state index >= 15 is 0 Å². The van der Waals surface area contributed by atoms with Crippen LogP contribution < -0.4 is 10.2 Å². The second-order valence-corrected chi connectivity index (χ2v) is 5.78. The molecule has 3 rings (SSSR count). The van der Waals surface area contributed by atoms with E-state index in [9.17, 15) is 4.79 Å². The number of nitrogens with zero attached hydrogens (tertiary/aromatic N) is 4. The van der Waals surface area contributed by atoms with Gasteiger partial charge in [-0.15, -0.1) is 0 Å². The van der Waals surface area contributed by atoms with E-state index in [0.29, 0.717) is 17.2 Å². The Kier molecular flexibility index (Phi) is 5.09. The van der Waals surface area contributed by atoms with Crippen LogP contribution in [0.25, 0.3) is 10.9 Å². The van der Waals surface area contributed by atoms with Gasteiger partial charge in [-0.05, 0) is 26.0 Å². The normalized spacial score (nSPS) is 10.7. The van der Waals surface area contributed by atoms with Crippen LogP contribution in [0.2, 0.25) is 5.02 Å². The molecule has 0 radical (unpaired) electrons. The van der Waals surface area contributed by atoms with Crippen LogP contribution in [0.5, 0.6) is 0 Å². The Bertz CT molecular complexity index is 906. The number of carbonyl (C=O) groups excluding carboxylic acids is 1. The van der Waals surface area contributed by atoms with Gasteiger partial charge in [-0.3, -0.25) is 9.78 Å². The molecule has 0 fully saturated rings. The topological polar surface area (TPSA) is 71.0 Å². The Morgan fingerprint density at radius 3 is 2.68 bits per heavy atom. The molecule has 25 heavy (non-hydrogen) atoms. The summed E-state index contributed by atoms with van der Waals surface area (Å²) in [6, 6.07) is 9.39. The summed E-state index contributed by atoms with van der Waals surface area (Å²) in [6.45, 7) is 5.49. The number of fused-ring (bicyclic) bond motifs is 1. The number of aromatic nitrogens is 3. The highest BCUT2D eigenvalue weighted by atomic mass is 35.5. The highest BCUT2D eigenvalue weighted by molar-refractivity contribution is 6.34. The van der Waals surface area contributed by atoms with E-state index in [1.807, 2.05) is 43.0 Å². The SMILES string of the molecule is CCN(CC)c1ncc(Cl)c(C(=O)Nc2cccc3cccnc23)n1. The molecule has 1 N–H and O–H groups in total. The number of carbonyl (C=O) groups is 1. The zero-order valence-corrected chi connectivity index (χ0v) is 14.8. The molecule has 0 saturated carbocycles. The predicted octanol–water partition coefficient (Wildman–Crippen LogP) is 3.78. The molecule has 128 valence electrons. The Hall–Kier alpha value is -2.73. The summed E-state index contributed by atoms with van der Waals surface area (Å²) in [6.07, 6.45) is 3.15. The molecule has 7 heteroatoms. The van der Waals surface area contributed by atoms with Crippen molar-refractivity contribution in [3.05, 3.63) is 53.4 Å². The van der Waals surface area contributed by atoms with Crippen molar-refractivity contribution in [1.82, 2.24) is 15.0 Å². The van der Waals surface area contributed by atoms with Gasteiger partial charge in [0.1, 0.15) is 0 Å². The number of rotatable bonds is 5. The van der Waals surface area contributed by atoms with E-state index in [2.05, 4.69) is 20.3 Å². The third-order valence-electron chi connectivity index (χ3n) is 3.87. The number of nitrogens with one attached hydrogen (secondary N) is 1. The first-order valence-corrected chi connectivity index (χ1v) is 8.44. The first-order chi connectivity index (χ1) is 12.1. The Labute approximate surface area is 150 Å². The first-order valence-electron chi connectivity index (χ1n) is 8.06. The second kappa shape index (κ2) is 7.44. The zero-order valence-electron chi connectivity index (χ0n) is 14.0. The van der Waals surface area contributed by atoms with Crippen LogP contribution in [0.15, 0.2) is 42.7 Å². The lowest BCUT2D eigenvalue weighted by molar-refractivity contribution is 0.102. The van der Waals surface area contributed by atoms with Gasteiger partial charge in [-0.2, -0.15) is 0 Å². The van der Waals surface area contributed by atoms with Crippen molar-refractivity contribution in [3.8, 4) is 0 Å². The Morgan fingerprint density at radius 2 is 1.92 bits per heavy atom. The molecule has 1 aromatic carbocycles. The summed E-state index contributed by atoms with van der Waals surface area (Å²) in [7, 11) is 0. The zero-order chi connectivity index (χ0) is 17.8. The van der Waals surface area contributed by atoms with Gasteiger partial charge in [0.15, 0.2) is 5.69 Å². The van der Waals surface area contributed by atoms with Crippen molar-refractivity contribution in [1.29, 1.82) is 0 Å². The van der Waals surface area contributed by atoms with Gasteiger partial charge in [0.2, 0.25) is 5.95 Å². The number of para-hydroxylation sites is 1. The number of pyridine rings is 1. The lowest BCUT2D eigenvalue weighted by Gasteiger charge is -2.19. The van der Waals surface area contributed by atoms with E-state index in [1.165, 1.54) is 6.20 Å². The van der Waals surface area contributed by atoms with E-state index in [1.54, 1.807) is 12.3 Å². The van der Waals surface area contributed by atoms with Crippen LogP contribution in [0.3, 0.4) is 0 Å². The first kappa shape index (κ1) is 17.1. The van der Waals surface area contributed by atoms with Gasteiger partial charge in [-0.1, -0.05) is 29.8 Å². The molecule has 0 aliphatic rings. The van der Waals surface area contributed by atoms with Gasteiger partial charge in [-0.25, -0.2) is 9.97 Å². The van der Waals surface area contributed by atoms with Crippen molar-refractivity contribution in [2.45, 2.75) is 13.8 Å². The molecule has 0 saturated heterocycles. The molecule has 0 atom stereocenters. The lowest BCUT2D eigenvalue weighted by atomic mass is 10.2. The predicted molar refractivity (Wildman–Crippen MR) is 100 cm³/mol. The molecule has 6 nitrogen and oxygen atoms in total. The minimum absolute atomic E-state index is 0.145. The number of anilines is 2. The maximum Gasteiger partial charge on any atom is 0.276 e. The van der Waals surface area contributed by atoms with Gasteiger partial charge in [0.25, 0.3) is 5.91 Å². The van der Waals surface area contributed by atoms with Gasteiger partial charge in [0.05, 0.1) is 22.4 Å². The molecular weight excluding hydrogens is 338 g/mol. The van der Waals surface area contributed by atoms with E-state index in [-0.39, 0.29) is 16.6 Å². The minimum Gasteiger partial charge on any atom is -0.341 e. The minimum atomic E-state index is -0.390. The quantitative estimate of drug-likeness (QED) is 0.754. The maximum absolute atomic E-state index is 12.7. The van der Waals surface area contributed by atoms with Crippen LogP contribution in [-0.2, 0) is 0 Å². The molecule has 2 heterocycles. The lowest BCUT2D eigenvalue weighted by Crippen LogP contribution is -2.25. The summed E-state index contributed by atoms with van der Waals surface area (Å²) in [5.74, 6) is 0.0922. The van der Waals surface area contributed by atoms with E-state index in [4.69, 9.17) is 11.6 Å². The summed E-state index contributed by atoms with van der Waals surface area (Å²) < 4.78 is 0. The van der Waals surface area contributed by atoms with Crippen LogP contribution in [0, 0.1) is 0 Å². The average molecular weight is 356 g/mol. The molecule has 0 spiro atoms. The number of halogens is 1. The molecule has 1 amide bonds. The van der Waals surface area contributed by atoms with Gasteiger partial charge < -0.3 is 10.2 Å². The smallest absolute Gasteiger partial charge is 0.276 e. The number of hydrogen-bond acceptors (Lipinski definition) is 5. The van der Waals surface area contributed by atoms with Crippen LogP contribution in [-0.4, -0.2) is 33.9 Å². The molecule has 0 aliphatic heterocycles. The molecule has 0 bridgehead atoms. The van der Waals surface area contributed by atoms with Crippen molar-refractivity contribution in [3.63, 3.8) is 0 Å². The summed E-state index contributed by atoms with van der Waals surface area (Å²) in [5, 5.41) is 4.00. The Balaban J connectivity index is 1.94.